The molecule has 1 saturated heterocycles. The van der Waals surface area contributed by atoms with Gasteiger partial charge in [0.15, 0.2) is 0 Å². The van der Waals surface area contributed by atoms with Gasteiger partial charge in [0.25, 0.3) is 21.8 Å². The molecule has 2 aliphatic rings. The lowest BCUT2D eigenvalue weighted by atomic mass is 10.1. The van der Waals surface area contributed by atoms with Crippen molar-refractivity contribution in [1.29, 1.82) is 0 Å². The lowest BCUT2D eigenvalue weighted by Gasteiger charge is -2.28. The van der Waals surface area contributed by atoms with Crippen LogP contribution in [0.25, 0.3) is 0 Å². The Morgan fingerprint density at radius 3 is 2.62 bits per heavy atom. The topological polar surface area (TPSA) is 127 Å². The molecule has 9 heteroatoms. The second kappa shape index (κ2) is 4.29. The first-order chi connectivity index (χ1) is 9.82. The lowest BCUT2D eigenvalue weighted by Crippen LogP contribution is -2.54. The van der Waals surface area contributed by atoms with E-state index < -0.39 is 33.8 Å². The smallest absolute Gasteiger partial charge is 0.269 e. The number of hydrogen-bond donors (Lipinski definition) is 2. The number of sulfonamides is 1. The lowest BCUT2D eigenvalue weighted by molar-refractivity contribution is -0.135. The summed E-state index contributed by atoms with van der Waals surface area (Å²) in [6.07, 6.45) is -0.0483. The molecule has 1 unspecified atom stereocenters. The zero-order valence-corrected chi connectivity index (χ0v) is 11.5. The molecule has 0 aliphatic carbocycles. The molecule has 110 valence electrons. The Hall–Kier alpha value is -2.42. The molecular weight excluding hydrogens is 298 g/mol. The maximum absolute atomic E-state index is 12.4. The van der Waals surface area contributed by atoms with E-state index >= 15 is 0 Å². The third kappa shape index (κ3) is 1.88. The van der Waals surface area contributed by atoms with Gasteiger partial charge in [0.05, 0.1) is 5.56 Å². The summed E-state index contributed by atoms with van der Waals surface area (Å²) in [6.45, 7) is 0. The van der Waals surface area contributed by atoms with Crippen LogP contribution >= 0.6 is 0 Å². The van der Waals surface area contributed by atoms with Crippen molar-refractivity contribution in [2.75, 3.05) is 5.73 Å². The molecule has 0 spiro atoms. The Labute approximate surface area is 120 Å². The zero-order valence-electron chi connectivity index (χ0n) is 10.7. The fourth-order valence-corrected chi connectivity index (χ4v) is 4.22. The third-order valence-corrected chi connectivity index (χ3v) is 5.31. The van der Waals surface area contributed by atoms with Gasteiger partial charge in [0.1, 0.15) is 10.9 Å². The first-order valence-corrected chi connectivity index (χ1v) is 7.58. The standard InChI is InChI=1S/C12H11N3O5S/c13-6-1-3-9-7(5-6)12(18)15(21(9,19)20)8-2-4-10(16)14-11(8)17/h1,3,5,8H,2,4,13H2,(H,14,16,17). The SMILES string of the molecule is Nc1ccc2c(c1)C(=O)N(C1CCC(=O)NC1=O)S2(=O)=O. The summed E-state index contributed by atoms with van der Waals surface area (Å²) in [4.78, 5) is 35.1. The number of nitrogen functional groups attached to an aromatic ring is 1. The summed E-state index contributed by atoms with van der Waals surface area (Å²) in [6, 6.07) is 2.66. The quantitative estimate of drug-likeness (QED) is 0.517. The molecule has 3 N–H and O–H groups in total. The van der Waals surface area contributed by atoms with E-state index in [4.69, 9.17) is 5.73 Å². The van der Waals surface area contributed by atoms with Crippen LogP contribution in [0.1, 0.15) is 23.2 Å². The predicted octanol–water partition coefficient (Wildman–Crippen LogP) is -0.781. The third-order valence-electron chi connectivity index (χ3n) is 3.46. The van der Waals surface area contributed by atoms with E-state index in [-0.39, 0.29) is 29.0 Å². The molecule has 1 fully saturated rings. The summed E-state index contributed by atoms with van der Waals surface area (Å²) in [5, 5.41) is 2.04. The molecule has 2 heterocycles. The highest BCUT2D eigenvalue weighted by molar-refractivity contribution is 7.90. The number of nitrogens with zero attached hydrogens (tertiary/aromatic N) is 1. The van der Waals surface area contributed by atoms with Crippen LogP contribution in [0.4, 0.5) is 5.69 Å². The average molecular weight is 309 g/mol. The van der Waals surface area contributed by atoms with Gasteiger partial charge in [-0.25, -0.2) is 12.7 Å². The molecule has 1 atom stereocenters. The molecule has 1 aromatic carbocycles. The number of carbonyl (C=O) groups is 3. The van der Waals surface area contributed by atoms with Crippen molar-refractivity contribution in [3.8, 4) is 0 Å². The van der Waals surface area contributed by atoms with Crippen molar-refractivity contribution < 1.29 is 22.8 Å². The largest absolute Gasteiger partial charge is 0.399 e. The molecule has 0 radical (unpaired) electrons. The van der Waals surface area contributed by atoms with E-state index in [0.29, 0.717) is 4.31 Å². The van der Waals surface area contributed by atoms with Crippen molar-refractivity contribution in [3.63, 3.8) is 0 Å². The van der Waals surface area contributed by atoms with Gasteiger partial charge in [-0.05, 0) is 24.6 Å². The highest BCUT2D eigenvalue weighted by Gasteiger charge is 2.48. The van der Waals surface area contributed by atoms with E-state index in [1.165, 1.54) is 18.2 Å². The Kier molecular flexibility index (Phi) is 2.77. The fourth-order valence-electron chi connectivity index (χ4n) is 2.49. The second-order valence-corrected chi connectivity index (χ2v) is 6.61. The van der Waals surface area contributed by atoms with Gasteiger partial charge in [-0.2, -0.15) is 0 Å². The van der Waals surface area contributed by atoms with Crippen molar-refractivity contribution in [2.45, 2.75) is 23.8 Å². The van der Waals surface area contributed by atoms with E-state index in [1.54, 1.807) is 0 Å². The van der Waals surface area contributed by atoms with Crippen LogP contribution in [0.2, 0.25) is 0 Å². The van der Waals surface area contributed by atoms with E-state index in [0.717, 1.165) is 0 Å². The summed E-state index contributed by atoms with van der Waals surface area (Å²) in [5.41, 5.74) is 5.76. The van der Waals surface area contributed by atoms with Crippen LogP contribution in [0, 0.1) is 0 Å². The number of imide groups is 1. The molecule has 0 saturated carbocycles. The van der Waals surface area contributed by atoms with Crippen LogP contribution in [0.3, 0.4) is 0 Å². The number of rotatable bonds is 1. The molecule has 2 aliphatic heterocycles. The van der Waals surface area contributed by atoms with Crippen molar-refractivity contribution in [1.82, 2.24) is 9.62 Å². The van der Waals surface area contributed by atoms with Crippen molar-refractivity contribution >= 4 is 33.4 Å². The summed E-state index contributed by atoms with van der Waals surface area (Å²) < 4.78 is 25.4. The van der Waals surface area contributed by atoms with Crippen LogP contribution in [0.15, 0.2) is 23.1 Å². The Bertz CT molecular complexity index is 786. The van der Waals surface area contributed by atoms with Gasteiger partial charge >= 0.3 is 0 Å². The predicted molar refractivity (Wildman–Crippen MR) is 70.4 cm³/mol. The fraction of sp³-hybridized carbons (Fsp3) is 0.250. The monoisotopic (exact) mass is 309 g/mol. The van der Waals surface area contributed by atoms with E-state index in [9.17, 15) is 22.8 Å². The van der Waals surface area contributed by atoms with Gasteiger partial charge in [0, 0.05) is 12.1 Å². The second-order valence-electron chi connectivity index (χ2n) is 4.83. The molecular formula is C12H11N3O5S. The number of carbonyl (C=O) groups excluding carboxylic acids is 3. The Morgan fingerprint density at radius 2 is 1.95 bits per heavy atom. The number of benzene rings is 1. The maximum atomic E-state index is 12.4. The normalized spacial score (nSPS) is 23.9. The minimum Gasteiger partial charge on any atom is -0.399 e. The molecule has 0 bridgehead atoms. The first kappa shape index (κ1) is 13.6. The number of anilines is 1. The molecule has 3 rings (SSSR count). The van der Waals surface area contributed by atoms with Gasteiger partial charge in [-0.3, -0.25) is 19.7 Å². The number of fused-ring (bicyclic) bond motifs is 1. The summed E-state index contributed by atoms with van der Waals surface area (Å²) >= 11 is 0. The summed E-state index contributed by atoms with van der Waals surface area (Å²) in [5.74, 6) is -2.07. The molecule has 1 aromatic rings. The minimum absolute atomic E-state index is 0.0197. The highest BCUT2D eigenvalue weighted by atomic mass is 32.2. The average Bonchev–Trinajstić information content (AvgIpc) is 2.58. The zero-order chi connectivity index (χ0) is 15.4. The van der Waals surface area contributed by atoms with Gasteiger partial charge in [0.2, 0.25) is 5.91 Å². The Morgan fingerprint density at radius 1 is 1.24 bits per heavy atom. The van der Waals surface area contributed by atoms with Crippen LogP contribution in [-0.2, 0) is 19.6 Å². The van der Waals surface area contributed by atoms with Gasteiger partial charge in [-0.15, -0.1) is 0 Å². The van der Waals surface area contributed by atoms with Crippen LogP contribution in [-0.4, -0.2) is 36.5 Å². The maximum Gasteiger partial charge on any atom is 0.269 e. The van der Waals surface area contributed by atoms with Gasteiger partial charge < -0.3 is 5.73 Å². The molecule has 8 nitrogen and oxygen atoms in total. The van der Waals surface area contributed by atoms with E-state index in [1.807, 2.05) is 5.32 Å². The number of nitrogens with one attached hydrogen (secondary N) is 1. The molecule has 0 aromatic heterocycles. The number of nitrogens with two attached hydrogens (primary N) is 1. The highest BCUT2D eigenvalue weighted by Crippen LogP contribution is 2.34. The molecule has 21 heavy (non-hydrogen) atoms. The van der Waals surface area contributed by atoms with Crippen LogP contribution < -0.4 is 11.1 Å². The van der Waals surface area contributed by atoms with Crippen molar-refractivity contribution in [3.05, 3.63) is 23.8 Å². The summed E-state index contributed by atoms with van der Waals surface area (Å²) in [7, 11) is -4.11. The number of amides is 3. The van der Waals surface area contributed by atoms with Crippen molar-refractivity contribution in [2.24, 2.45) is 0 Å². The van der Waals surface area contributed by atoms with Gasteiger partial charge in [-0.1, -0.05) is 0 Å². The number of hydrogen-bond acceptors (Lipinski definition) is 6. The van der Waals surface area contributed by atoms with Crippen LogP contribution in [0.5, 0.6) is 0 Å². The minimum atomic E-state index is -4.11. The first-order valence-electron chi connectivity index (χ1n) is 6.14. The Balaban J connectivity index is 2.08. The molecule has 3 amide bonds. The van der Waals surface area contributed by atoms with E-state index in [2.05, 4.69) is 0 Å². The number of piperidine rings is 1.